The van der Waals surface area contributed by atoms with Crippen molar-refractivity contribution in [1.82, 2.24) is 9.97 Å². The summed E-state index contributed by atoms with van der Waals surface area (Å²) in [5.74, 6) is -0.0646. The standard InChI is InChI=1S/C8H11N3O2.ClH/c1-2-13-7(12)5-6-8(9)11-4-3-10-6;/h3-4H,2,5H2,1H3,(H2,9,11);1H. The van der Waals surface area contributed by atoms with Gasteiger partial charge in [-0.25, -0.2) is 4.98 Å². The van der Waals surface area contributed by atoms with Crippen molar-refractivity contribution in [1.29, 1.82) is 0 Å². The molecule has 0 unspecified atom stereocenters. The Morgan fingerprint density at radius 1 is 1.50 bits per heavy atom. The largest absolute Gasteiger partial charge is 0.466 e. The number of esters is 1. The van der Waals surface area contributed by atoms with Crippen LogP contribution in [0, 0.1) is 0 Å². The van der Waals surface area contributed by atoms with Gasteiger partial charge in [0.05, 0.1) is 18.7 Å². The number of nitrogen functional groups attached to an aromatic ring is 1. The Balaban J connectivity index is 0.00000169. The zero-order valence-corrected chi connectivity index (χ0v) is 8.58. The Morgan fingerprint density at radius 2 is 2.14 bits per heavy atom. The fraction of sp³-hybridized carbons (Fsp3) is 0.375. The first-order chi connectivity index (χ1) is 6.24. The van der Waals surface area contributed by atoms with Crippen LogP contribution in [0.5, 0.6) is 0 Å². The Labute approximate surface area is 88.1 Å². The molecule has 1 aromatic heterocycles. The molecule has 0 fully saturated rings. The lowest BCUT2D eigenvalue weighted by atomic mass is 10.3. The molecule has 6 heteroatoms. The van der Waals surface area contributed by atoms with Crippen LogP contribution in [0.3, 0.4) is 0 Å². The van der Waals surface area contributed by atoms with Gasteiger partial charge in [-0.1, -0.05) is 0 Å². The van der Waals surface area contributed by atoms with Crippen molar-refractivity contribution in [2.75, 3.05) is 12.3 Å². The van der Waals surface area contributed by atoms with Gasteiger partial charge in [-0.15, -0.1) is 12.4 Å². The second-order valence-corrected chi connectivity index (χ2v) is 2.37. The van der Waals surface area contributed by atoms with Crippen molar-refractivity contribution in [3.8, 4) is 0 Å². The van der Waals surface area contributed by atoms with Gasteiger partial charge in [0.1, 0.15) is 5.82 Å². The molecule has 14 heavy (non-hydrogen) atoms. The molecule has 0 atom stereocenters. The molecule has 2 N–H and O–H groups in total. The van der Waals surface area contributed by atoms with E-state index in [1.165, 1.54) is 12.4 Å². The van der Waals surface area contributed by atoms with E-state index in [4.69, 9.17) is 10.5 Å². The van der Waals surface area contributed by atoms with E-state index >= 15 is 0 Å². The third-order valence-electron chi connectivity index (χ3n) is 1.42. The van der Waals surface area contributed by atoms with Crippen molar-refractivity contribution in [2.45, 2.75) is 13.3 Å². The first-order valence-corrected chi connectivity index (χ1v) is 3.95. The highest BCUT2D eigenvalue weighted by Gasteiger charge is 2.08. The molecule has 0 saturated heterocycles. The summed E-state index contributed by atoms with van der Waals surface area (Å²) in [6.07, 6.45) is 3.04. The van der Waals surface area contributed by atoms with E-state index in [1.54, 1.807) is 6.92 Å². The molecule has 78 valence electrons. The van der Waals surface area contributed by atoms with Gasteiger partial charge in [-0.3, -0.25) is 9.78 Å². The van der Waals surface area contributed by atoms with E-state index < -0.39 is 0 Å². The number of halogens is 1. The zero-order valence-electron chi connectivity index (χ0n) is 7.77. The van der Waals surface area contributed by atoms with Gasteiger partial charge in [0, 0.05) is 12.4 Å². The van der Waals surface area contributed by atoms with Crippen LogP contribution in [-0.4, -0.2) is 22.5 Å². The maximum atomic E-state index is 11.0. The topological polar surface area (TPSA) is 78.1 Å². The molecule has 0 amide bonds. The van der Waals surface area contributed by atoms with E-state index in [1.807, 2.05) is 0 Å². The van der Waals surface area contributed by atoms with Gasteiger partial charge in [0.2, 0.25) is 0 Å². The average molecular weight is 218 g/mol. The van der Waals surface area contributed by atoms with Gasteiger partial charge in [-0.2, -0.15) is 0 Å². The summed E-state index contributed by atoms with van der Waals surface area (Å²) >= 11 is 0. The van der Waals surface area contributed by atoms with Gasteiger partial charge in [-0.05, 0) is 6.92 Å². The zero-order chi connectivity index (χ0) is 9.68. The lowest BCUT2D eigenvalue weighted by molar-refractivity contribution is -0.142. The fourth-order valence-corrected chi connectivity index (χ4v) is 0.863. The molecular formula is C8H12ClN3O2. The summed E-state index contributed by atoms with van der Waals surface area (Å²) in [5, 5.41) is 0. The van der Waals surface area contributed by atoms with Gasteiger partial charge >= 0.3 is 5.97 Å². The Hall–Kier alpha value is -1.36. The number of hydrogen-bond acceptors (Lipinski definition) is 5. The number of hydrogen-bond donors (Lipinski definition) is 1. The molecule has 5 nitrogen and oxygen atoms in total. The van der Waals surface area contributed by atoms with Crippen LogP contribution in [0.15, 0.2) is 12.4 Å². The fourth-order valence-electron chi connectivity index (χ4n) is 0.863. The van der Waals surface area contributed by atoms with E-state index in [-0.39, 0.29) is 30.6 Å². The molecule has 1 rings (SSSR count). The second kappa shape index (κ2) is 6.15. The molecular weight excluding hydrogens is 206 g/mol. The molecule has 0 aliphatic heterocycles. The van der Waals surface area contributed by atoms with Crippen LogP contribution in [-0.2, 0) is 16.0 Å². The number of ether oxygens (including phenoxy) is 1. The third-order valence-corrected chi connectivity index (χ3v) is 1.42. The minimum absolute atomic E-state index is 0. The lowest BCUT2D eigenvalue weighted by Gasteiger charge is -2.02. The first kappa shape index (κ1) is 12.6. The van der Waals surface area contributed by atoms with Crippen LogP contribution < -0.4 is 5.73 Å². The normalized spacial score (nSPS) is 8.93. The molecule has 0 aliphatic carbocycles. The second-order valence-electron chi connectivity index (χ2n) is 2.37. The van der Waals surface area contributed by atoms with Crippen LogP contribution in [0.4, 0.5) is 5.82 Å². The van der Waals surface area contributed by atoms with Crippen LogP contribution in [0.1, 0.15) is 12.6 Å². The quantitative estimate of drug-likeness (QED) is 0.750. The number of aromatic nitrogens is 2. The summed E-state index contributed by atoms with van der Waals surface area (Å²) in [7, 11) is 0. The van der Waals surface area contributed by atoms with Crippen LogP contribution >= 0.6 is 12.4 Å². The predicted molar refractivity (Wildman–Crippen MR) is 54.0 cm³/mol. The highest BCUT2D eigenvalue weighted by molar-refractivity contribution is 5.85. The molecule has 0 aliphatic rings. The first-order valence-electron chi connectivity index (χ1n) is 3.95. The summed E-state index contributed by atoms with van der Waals surface area (Å²) in [6, 6.07) is 0. The van der Waals surface area contributed by atoms with E-state index in [0.29, 0.717) is 12.3 Å². The minimum Gasteiger partial charge on any atom is -0.466 e. The smallest absolute Gasteiger partial charge is 0.312 e. The van der Waals surface area contributed by atoms with Gasteiger partial charge in [0.25, 0.3) is 0 Å². The summed E-state index contributed by atoms with van der Waals surface area (Å²) < 4.78 is 4.74. The van der Waals surface area contributed by atoms with Crippen LogP contribution in [0.2, 0.25) is 0 Å². The molecule has 0 spiro atoms. The van der Waals surface area contributed by atoms with E-state index in [0.717, 1.165) is 0 Å². The predicted octanol–water partition coefficient (Wildman–Crippen LogP) is 0.586. The van der Waals surface area contributed by atoms with Crippen molar-refractivity contribution >= 4 is 24.2 Å². The molecule has 0 aromatic carbocycles. The molecule has 1 aromatic rings. The monoisotopic (exact) mass is 217 g/mol. The van der Waals surface area contributed by atoms with E-state index in [9.17, 15) is 4.79 Å². The van der Waals surface area contributed by atoms with Crippen molar-refractivity contribution < 1.29 is 9.53 Å². The minimum atomic E-state index is -0.338. The van der Waals surface area contributed by atoms with Gasteiger partial charge < -0.3 is 10.5 Å². The van der Waals surface area contributed by atoms with Crippen molar-refractivity contribution in [3.63, 3.8) is 0 Å². The number of carbonyl (C=O) groups excluding carboxylic acids is 1. The lowest BCUT2D eigenvalue weighted by Crippen LogP contribution is -2.11. The SMILES string of the molecule is CCOC(=O)Cc1nccnc1N.Cl. The Morgan fingerprint density at radius 3 is 2.71 bits per heavy atom. The van der Waals surface area contributed by atoms with E-state index in [2.05, 4.69) is 9.97 Å². The summed E-state index contributed by atoms with van der Waals surface area (Å²) in [4.78, 5) is 18.7. The number of rotatable bonds is 3. The number of nitrogens with zero attached hydrogens (tertiary/aromatic N) is 2. The summed E-state index contributed by atoms with van der Waals surface area (Å²) in [6.45, 7) is 2.11. The highest BCUT2D eigenvalue weighted by Crippen LogP contribution is 2.04. The molecule has 0 radical (unpaired) electrons. The highest BCUT2D eigenvalue weighted by atomic mass is 35.5. The summed E-state index contributed by atoms with van der Waals surface area (Å²) in [5.41, 5.74) is 5.94. The van der Waals surface area contributed by atoms with Crippen molar-refractivity contribution in [2.24, 2.45) is 0 Å². The molecule has 0 saturated carbocycles. The van der Waals surface area contributed by atoms with Crippen LogP contribution in [0.25, 0.3) is 0 Å². The number of carbonyl (C=O) groups is 1. The maximum absolute atomic E-state index is 11.0. The average Bonchev–Trinajstić information content (AvgIpc) is 2.09. The maximum Gasteiger partial charge on any atom is 0.312 e. The van der Waals surface area contributed by atoms with Crippen molar-refractivity contribution in [3.05, 3.63) is 18.1 Å². The number of anilines is 1. The third kappa shape index (κ3) is 3.57. The number of nitrogens with two attached hydrogens (primary N) is 1. The molecule has 0 bridgehead atoms. The molecule has 1 heterocycles. The van der Waals surface area contributed by atoms with Gasteiger partial charge in [0.15, 0.2) is 0 Å². The Bertz CT molecular complexity index is 306. The Kier molecular flexibility index (Phi) is 5.55.